The quantitative estimate of drug-likeness (QED) is 0.820. The number of furan rings is 1. The molecule has 1 aliphatic rings. The average Bonchev–Trinajstić information content (AvgIpc) is 3.07. The van der Waals surface area contributed by atoms with Crippen molar-refractivity contribution in [3.8, 4) is 0 Å². The van der Waals surface area contributed by atoms with E-state index in [1.54, 1.807) is 7.11 Å². The second-order valence-electron chi connectivity index (χ2n) is 5.51. The average molecular weight is 331 g/mol. The molecule has 2 heterocycles. The summed E-state index contributed by atoms with van der Waals surface area (Å²) in [6, 6.07) is 2.35. The molecule has 1 unspecified atom stereocenters. The number of carboxylic acids is 1. The summed E-state index contributed by atoms with van der Waals surface area (Å²) in [5.74, 6) is -1.68. The monoisotopic (exact) mass is 331 g/mol. The van der Waals surface area contributed by atoms with Crippen LogP contribution in [0, 0.1) is 0 Å². The van der Waals surface area contributed by atoms with Gasteiger partial charge in [0.25, 0.3) is 10.0 Å². The van der Waals surface area contributed by atoms with Crippen LogP contribution >= 0.6 is 0 Å². The summed E-state index contributed by atoms with van der Waals surface area (Å²) < 4.78 is 37.3. The van der Waals surface area contributed by atoms with Crippen LogP contribution in [0.5, 0.6) is 0 Å². The smallest absolute Gasteiger partial charge is 0.371 e. The van der Waals surface area contributed by atoms with Gasteiger partial charge >= 0.3 is 5.97 Å². The first-order valence-corrected chi connectivity index (χ1v) is 8.66. The molecular weight excluding hydrogens is 310 g/mol. The lowest BCUT2D eigenvalue weighted by Gasteiger charge is -2.36. The van der Waals surface area contributed by atoms with Crippen LogP contribution in [0.4, 0.5) is 0 Å². The first kappa shape index (κ1) is 17.0. The topological polar surface area (TPSA) is 97.0 Å². The minimum atomic E-state index is -3.88. The number of carboxylic acid groups (broad SMARTS) is 1. The normalized spacial score (nSPS) is 23.0. The zero-order valence-corrected chi connectivity index (χ0v) is 13.6. The van der Waals surface area contributed by atoms with Gasteiger partial charge in [0.05, 0.1) is 12.1 Å². The highest BCUT2D eigenvalue weighted by Gasteiger charge is 2.48. The molecule has 0 aromatic carbocycles. The standard InChI is InChI=1S/C14H21NO6S/c1-3-7-14(10-20-2)8-4-9-15(14)22(18,19)12-6-5-11(21-12)13(16)17/h5-6H,3-4,7-10H2,1-2H3,(H,16,17). The molecule has 1 fully saturated rings. The van der Waals surface area contributed by atoms with Crippen molar-refractivity contribution in [2.75, 3.05) is 20.3 Å². The van der Waals surface area contributed by atoms with Crippen LogP contribution in [0.25, 0.3) is 0 Å². The van der Waals surface area contributed by atoms with E-state index in [9.17, 15) is 13.2 Å². The number of carbonyl (C=O) groups is 1. The Balaban J connectivity index is 2.39. The van der Waals surface area contributed by atoms with Crippen molar-refractivity contribution >= 4 is 16.0 Å². The molecule has 7 nitrogen and oxygen atoms in total. The van der Waals surface area contributed by atoms with E-state index in [2.05, 4.69) is 0 Å². The number of hydrogen-bond donors (Lipinski definition) is 1. The Bertz CT molecular complexity index is 630. The fourth-order valence-electron chi connectivity index (χ4n) is 3.17. The third kappa shape index (κ3) is 2.90. The van der Waals surface area contributed by atoms with Gasteiger partial charge in [-0.05, 0) is 31.4 Å². The Labute approximate surface area is 129 Å². The van der Waals surface area contributed by atoms with E-state index in [4.69, 9.17) is 14.3 Å². The Hall–Kier alpha value is -1.38. The highest BCUT2D eigenvalue weighted by atomic mass is 32.2. The summed E-state index contributed by atoms with van der Waals surface area (Å²) in [6.07, 6.45) is 2.98. The SMILES string of the molecule is CCCC1(COC)CCCN1S(=O)(=O)c1ccc(C(=O)O)o1. The molecule has 2 rings (SSSR count). The molecule has 0 bridgehead atoms. The lowest BCUT2D eigenvalue weighted by atomic mass is 9.93. The van der Waals surface area contributed by atoms with Crippen LogP contribution in [0.1, 0.15) is 43.2 Å². The molecule has 1 atom stereocenters. The Morgan fingerprint density at radius 3 is 2.77 bits per heavy atom. The maximum absolute atomic E-state index is 12.8. The van der Waals surface area contributed by atoms with Gasteiger partial charge in [-0.15, -0.1) is 0 Å². The molecule has 1 aliphatic heterocycles. The van der Waals surface area contributed by atoms with E-state index in [1.807, 2.05) is 6.92 Å². The summed E-state index contributed by atoms with van der Waals surface area (Å²) >= 11 is 0. The molecule has 1 aromatic rings. The van der Waals surface area contributed by atoms with Gasteiger partial charge in [0.15, 0.2) is 0 Å². The number of rotatable bonds is 7. The first-order chi connectivity index (χ1) is 10.4. The zero-order chi connectivity index (χ0) is 16.4. The van der Waals surface area contributed by atoms with Gasteiger partial charge in [0, 0.05) is 13.7 Å². The predicted octanol–water partition coefficient (Wildman–Crippen LogP) is 1.95. The lowest BCUT2D eigenvalue weighted by Crippen LogP contribution is -2.50. The van der Waals surface area contributed by atoms with Crippen molar-refractivity contribution in [2.45, 2.75) is 43.2 Å². The largest absolute Gasteiger partial charge is 0.475 e. The highest BCUT2D eigenvalue weighted by Crippen LogP contribution is 2.38. The van der Waals surface area contributed by atoms with Crippen LogP contribution < -0.4 is 0 Å². The van der Waals surface area contributed by atoms with E-state index in [0.29, 0.717) is 19.6 Å². The van der Waals surface area contributed by atoms with Crippen molar-refractivity contribution in [1.82, 2.24) is 4.31 Å². The van der Waals surface area contributed by atoms with Crippen molar-refractivity contribution < 1.29 is 27.5 Å². The van der Waals surface area contributed by atoms with Gasteiger partial charge in [-0.1, -0.05) is 13.3 Å². The number of hydrogen-bond acceptors (Lipinski definition) is 5. The molecule has 0 saturated carbocycles. The van der Waals surface area contributed by atoms with Gasteiger partial charge in [0.2, 0.25) is 10.9 Å². The minimum absolute atomic E-state index is 0.312. The van der Waals surface area contributed by atoms with Gasteiger partial charge in [0.1, 0.15) is 0 Å². The van der Waals surface area contributed by atoms with E-state index in [1.165, 1.54) is 10.4 Å². The van der Waals surface area contributed by atoms with Crippen molar-refractivity contribution in [3.05, 3.63) is 17.9 Å². The second-order valence-corrected chi connectivity index (χ2v) is 7.31. The zero-order valence-electron chi connectivity index (χ0n) is 12.7. The van der Waals surface area contributed by atoms with Crippen LogP contribution in [-0.4, -0.2) is 49.6 Å². The molecule has 1 saturated heterocycles. The minimum Gasteiger partial charge on any atom is -0.475 e. The molecule has 1 N–H and O–H groups in total. The summed E-state index contributed by atoms with van der Waals surface area (Å²) in [5, 5.41) is 8.55. The third-order valence-electron chi connectivity index (χ3n) is 4.00. The number of sulfonamides is 1. The molecule has 124 valence electrons. The maximum Gasteiger partial charge on any atom is 0.371 e. The van der Waals surface area contributed by atoms with E-state index >= 15 is 0 Å². The number of methoxy groups -OCH3 is 1. The molecule has 1 aromatic heterocycles. The molecule has 0 amide bonds. The molecule has 0 spiro atoms. The summed E-state index contributed by atoms with van der Waals surface area (Å²) in [6.45, 7) is 2.69. The van der Waals surface area contributed by atoms with Crippen molar-refractivity contribution in [1.29, 1.82) is 0 Å². The summed E-state index contributed by atoms with van der Waals surface area (Å²) in [4.78, 5) is 10.9. The van der Waals surface area contributed by atoms with Crippen molar-refractivity contribution in [3.63, 3.8) is 0 Å². The fourth-order valence-corrected chi connectivity index (χ4v) is 4.94. The predicted molar refractivity (Wildman–Crippen MR) is 78.3 cm³/mol. The van der Waals surface area contributed by atoms with Gasteiger partial charge in [-0.25, -0.2) is 13.2 Å². The molecule has 22 heavy (non-hydrogen) atoms. The first-order valence-electron chi connectivity index (χ1n) is 7.22. The van der Waals surface area contributed by atoms with Crippen LogP contribution in [0.2, 0.25) is 0 Å². The second kappa shape index (κ2) is 6.39. The maximum atomic E-state index is 12.8. The number of ether oxygens (including phenoxy) is 1. The van der Waals surface area contributed by atoms with Crippen molar-refractivity contribution in [2.24, 2.45) is 0 Å². The van der Waals surface area contributed by atoms with E-state index in [0.717, 1.165) is 25.3 Å². The Kier molecular flexibility index (Phi) is 4.93. The molecule has 0 radical (unpaired) electrons. The highest BCUT2D eigenvalue weighted by molar-refractivity contribution is 7.89. The molecule has 0 aliphatic carbocycles. The lowest BCUT2D eigenvalue weighted by molar-refractivity contribution is 0.0652. The fraction of sp³-hybridized carbons (Fsp3) is 0.643. The van der Waals surface area contributed by atoms with Crippen LogP contribution in [0.3, 0.4) is 0 Å². The Morgan fingerprint density at radius 1 is 1.50 bits per heavy atom. The van der Waals surface area contributed by atoms with E-state index < -0.39 is 21.5 Å². The van der Waals surface area contributed by atoms with Gasteiger partial charge in [-0.3, -0.25) is 0 Å². The number of aromatic carboxylic acids is 1. The van der Waals surface area contributed by atoms with E-state index in [-0.39, 0.29) is 10.9 Å². The van der Waals surface area contributed by atoms with Gasteiger partial charge < -0.3 is 14.3 Å². The summed E-state index contributed by atoms with van der Waals surface area (Å²) in [5.41, 5.74) is -0.585. The van der Waals surface area contributed by atoms with Crippen LogP contribution in [-0.2, 0) is 14.8 Å². The van der Waals surface area contributed by atoms with Crippen LogP contribution in [0.15, 0.2) is 21.6 Å². The van der Waals surface area contributed by atoms with Gasteiger partial charge in [-0.2, -0.15) is 4.31 Å². The summed E-state index contributed by atoms with van der Waals surface area (Å²) in [7, 11) is -2.33. The number of nitrogens with zero attached hydrogens (tertiary/aromatic N) is 1. The Morgan fingerprint density at radius 2 is 2.23 bits per heavy atom. The molecule has 8 heteroatoms. The third-order valence-corrected chi connectivity index (χ3v) is 5.88. The molecular formula is C14H21NO6S.